The number of carboxylic acid groups (broad SMARTS) is 1. The number of hydrogen-bond donors (Lipinski definition) is 2. The van der Waals surface area contributed by atoms with E-state index in [0.717, 1.165) is 35.9 Å². The van der Waals surface area contributed by atoms with Crippen LogP contribution in [0.4, 0.5) is 10.5 Å². The molecule has 2 N–H and O–H groups in total. The van der Waals surface area contributed by atoms with Gasteiger partial charge in [-0.2, -0.15) is 0 Å². The highest BCUT2D eigenvalue weighted by Gasteiger charge is 2.33. The second kappa shape index (κ2) is 11.8. The zero-order valence-electron chi connectivity index (χ0n) is 21.1. The Hall–Kier alpha value is -2.72. The molecule has 1 unspecified atom stereocenters. The van der Waals surface area contributed by atoms with Crippen molar-refractivity contribution in [1.82, 2.24) is 9.80 Å². The Morgan fingerprint density at radius 3 is 2.71 bits per heavy atom. The number of ether oxygens (including phenoxy) is 2. The molecule has 9 nitrogen and oxygen atoms in total. The smallest absolute Gasteiger partial charge is 0.341 e. The summed E-state index contributed by atoms with van der Waals surface area (Å²) in [5, 5.41) is 12.6. The summed E-state index contributed by atoms with van der Waals surface area (Å²) in [5.41, 5.74) is 3.83. The van der Waals surface area contributed by atoms with Gasteiger partial charge >= 0.3 is 18.0 Å². The number of allylic oxidation sites excluding steroid dienone is 2. The van der Waals surface area contributed by atoms with Crippen molar-refractivity contribution in [1.29, 1.82) is 0 Å². The molecule has 0 saturated carbocycles. The molecule has 2 aliphatic heterocycles. The van der Waals surface area contributed by atoms with E-state index in [2.05, 4.69) is 10.2 Å². The molecule has 10 heteroatoms. The summed E-state index contributed by atoms with van der Waals surface area (Å²) in [6.07, 6.45) is 3.35. The third-order valence-corrected chi connectivity index (χ3v) is 7.53. The van der Waals surface area contributed by atoms with E-state index < -0.39 is 17.9 Å². The Kier molecular flexibility index (Phi) is 9.07. The Morgan fingerprint density at radius 1 is 1.37 bits per heavy atom. The number of thioether (sulfide) groups is 1. The number of urea groups is 1. The Bertz CT molecular complexity index is 1020. The van der Waals surface area contributed by atoms with E-state index in [1.54, 1.807) is 21.2 Å². The van der Waals surface area contributed by atoms with Crippen molar-refractivity contribution in [3.63, 3.8) is 0 Å². The van der Waals surface area contributed by atoms with Crippen LogP contribution in [0.15, 0.2) is 11.6 Å². The zero-order valence-corrected chi connectivity index (χ0v) is 21.9. The number of amides is 2. The van der Waals surface area contributed by atoms with Gasteiger partial charge in [-0.3, -0.25) is 9.69 Å². The van der Waals surface area contributed by atoms with Gasteiger partial charge in [0.15, 0.2) is 0 Å². The number of carboxylic acids is 1. The number of nitrogens with zero attached hydrogens (tertiary/aromatic N) is 2. The molecule has 0 spiro atoms. The number of methoxy groups -OCH3 is 1. The lowest BCUT2D eigenvalue weighted by atomic mass is 9.92. The van der Waals surface area contributed by atoms with Crippen LogP contribution in [0.3, 0.4) is 0 Å². The molecule has 3 rings (SSSR count). The average Bonchev–Trinajstić information content (AvgIpc) is 3.46. The van der Waals surface area contributed by atoms with Gasteiger partial charge in [0, 0.05) is 43.4 Å². The van der Waals surface area contributed by atoms with Crippen molar-refractivity contribution in [3.05, 3.63) is 33.9 Å². The summed E-state index contributed by atoms with van der Waals surface area (Å²) in [6.45, 7) is 5.70. The second-order valence-corrected chi connectivity index (χ2v) is 10.3. The summed E-state index contributed by atoms with van der Waals surface area (Å²) < 4.78 is 11.0. The van der Waals surface area contributed by atoms with Crippen LogP contribution in [0.5, 0.6) is 5.75 Å². The first kappa shape index (κ1) is 26.9. The Balaban J connectivity index is 1.87. The molecule has 2 amide bonds. The van der Waals surface area contributed by atoms with Gasteiger partial charge in [0.1, 0.15) is 12.4 Å². The number of rotatable bonds is 10. The predicted octanol–water partition coefficient (Wildman–Crippen LogP) is 3.74. The van der Waals surface area contributed by atoms with Crippen LogP contribution >= 0.6 is 11.8 Å². The molecule has 1 aromatic rings. The summed E-state index contributed by atoms with van der Waals surface area (Å²) in [6, 6.07) is -0.370. The van der Waals surface area contributed by atoms with E-state index in [-0.39, 0.29) is 12.6 Å². The summed E-state index contributed by atoms with van der Waals surface area (Å²) in [4.78, 5) is 40.7. The van der Waals surface area contributed by atoms with Crippen LogP contribution in [0.25, 0.3) is 0 Å². The molecule has 2 heterocycles. The fraction of sp³-hybridized carbons (Fsp3) is 0.560. The minimum absolute atomic E-state index is 0.131. The van der Waals surface area contributed by atoms with Gasteiger partial charge in [0.05, 0.1) is 24.3 Å². The number of nitrogens with one attached hydrogen (secondary N) is 1. The molecule has 0 aromatic heterocycles. The molecule has 35 heavy (non-hydrogen) atoms. The standard InChI is InChI=1S/C25H35N3O6S/c1-15(12-17(23(29)30)8-9-28-10-11-35-14-28)6-7-18-21(26-25(32)27(3)4)20-19(13-34-24(20)31)16(2)22(18)33-5/h6,17H,7-14H2,1-5H3,(H,26,32)(H,29,30)/b15-6+. The molecule has 1 atom stereocenters. The fourth-order valence-corrected chi connectivity index (χ4v) is 5.47. The minimum Gasteiger partial charge on any atom is -0.496 e. The topological polar surface area (TPSA) is 108 Å². The zero-order chi connectivity index (χ0) is 25.7. The van der Waals surface area contributed by atoms with Crippen molar-refractivity contribution in [2.75, 3.05) is 51.2 Å². The van der Waals surface area contributed by atoms with Crippen LogP contribution in [0, 0.1) is 12.8 Å². The van der Waals surface area contributed by atoms with E-state index in [0.29, 0.717) is 47.4 Å². The van der Waals surface area contributed by atoms with Gasteiger partial charge in [-0.25, -0.2) is 9.59 Å². The van der Waals surface area contributed by atoms with Crippen molar-refractivity contribution in [2.24, 2.45) is 5.92 Å². The monoisotopic (exact) mass is 505 g/mol. The van der Waals surface area contributed by atoms with Gasteiger partial charge in [-0.1, -0.05) is 11.6 Å². The van der Waals surface area contributed by atoms with Crippen molar-refractivity contribution in [2.45, 2.75) is 39.7 Å². The normalized spacial score (nSPS) is 16.6. The van der Waals surface area contributed by atoms with Gasteiger partial charge in [0.2, 0.25) is 0 Å². The van der Waals surface area contributed by atoms with Crippen molar-refractivity contribution < 1.29 is 29.0 Å². The fourth-order valence-electron chi connectivity index (χ4n) is 4.44. The average molecular weight is 506 g/mol. The SMILES string of the molecule is COc1c(C)c2c(c(NC(=O)N(C)C)c1C/C=C(\C)CC(CCN1CCSC1)C(=O)O)C(=O)OC2. The number of hydrogen-bond acceptors (Lipinski definition) is 7. The summed E-state index contributed by atoms with van der Waals surface area (Å²) >= 11 is 1.87. The van der Waals surface area contributed by atoms with Gasteiger partial charge in [-0.15, -0.1) is 11.8 Å². The maximum atomic E-state index is 12.6. The predicted molar refractivity (Wildman–Crippen MR) is 136 cm³/mol. The first-order valence-corrected chi connectivity index (χ1v) is 12.9. The van der Waals surface area contributed by atoms with E-state index >= 15 is 0 Å². The number of fused-ring (bicyclic) bond motifs is 1. The van der Waals surface area contributed by atoms with Crippen LogP contribution < -0.4 is 10.1 Å². The number of aliphatic carboxylic acids is 1. The van der Waals surface area contributed by atoms with E-state index in [9.17, 15) is 19.5 Å². The number of anilines is 1. The molecular formula is C25H35N3O6S. The maximum Gasteiger partial charge on any atom is 0.341 e. The highest BCUT2D eigenvalue weighted by atomic mass is 32.2. The summed E-state index contributed by atoms with van der Waals surface area (Å²) in [7, 11) is 4.80. The van der Waals surface area contributed by atoms with E-state index in [1.807, 2.05) is 31.7 Å². The highest BCUT2D eigenvalue weighted by molar-refractivity contribution is 7.99. The number of benzene rings is 1. The molecule has 0 bridgehead atoms. The van der Waals surface area contributed by atoms with Crippen molar-refractivity contribution >= 4 is 35.4 Å². The molecule has 2 aliphatic rings. The van der Waals surface area contributed by atoms with Gasteiger partial charge in [-0.05, 0) is 45.2 Å². The van der Waals surface area contributed by atoms with Crippen molar-refractivity contribution in [3.8, 4) is 5.75 Å². The lowest BCUT2D eigenvalue weighted by Gasteiger charge is -2.21. The van der Waals surface area contributed by atoms with E-state index in [4.69, 9.17) is 9.47 Å². The first-order valence-electron chi connectivity index (χ1n) is 11.7. The van der Waals surface area contributed by atoms with Crippen LogP contribution in [0.2, 0.25) is 0 Å². The highest BCUT2D eigenvalue weighted by Crippen LogP contribution is 2.41. The molecule has 1 fully saturated rings. The van der Waals surface area contributed by atoms with Crippen LogP contribution in [-0.4, -0.2) is 78.8 Å². The molecular weight excluding hydrogens is 470 g/mol. The second-order valence-electron chi connectivity index (χ2n) is 9.20. The number of carbonyl (C=O) groups excluding carboxylic acids is 2. The first-order chi connectivity index (χ1) is 16.6. The molecule has 1 saturated heterocycles. The maximum absolute atomic E-state index is 12.6. The van der Waals surface area contributed by atoms with Crippen LogP contribution in [0.1, 0.15) is 46.8 Å². The molecule has 1 aromatic carbocycles. The Labute approximate surface area is 210 Å². The molecule has 192 valence electrons. The number of cyclic esters (lactones) is 1. The van der Waals surface area contributed by atoms with Gasteiger partial charge in [0.25, 0.3) is 0 Å². The number of esters is 1. The van der Waals surface area contributed by atoms with E-state index in [1.165, 1.54) is 4.90 Å². The largest absolute Gasteiger partial charge is 0.496 e. The lowest BCUT2D eigenvalue weighted by molar-refractivity contribution is -0.142. The molecule has 0 radical (unpaired) electrons. The number of carbonyl (C=O) groups is 3. The quantitative estimate of drug-likeness (QED) is 0.366. The van der Waals surface area contributed by atoms with Gasteiger partial charge < -0.3 is 24.8 Å². The minimum atomic E-state index is -0.794. The Morgan fingerprint density at radius 2 is 2.11 bits per heavy atom. The molecule has 0 aliphatic carbocycles. The summed E-state index contributed by atoms with van der Waals surface area (Å²) in [5.74, 6) is 0.899. The lowest BCUT2D eigenvalue weighted by Crippen LogP contribution is -2.29. The third kappa shape index (κ3) is 6.29. The van der Waals surface area contributed by atoms with Crippen LogP contribution in [-0.2, 0) is 22.6 Å². The third-order valence-electron chi connectivity index (χ3n) is 6.51.